The van der Waals surface area contributed by atoms with E-state index in [1.807, 2.05) is 0 Å². The second kappa shape index (κ2) is 3.57. The van der Waals surface area contributed by atoms with Crippen molar-refractivity contribution in [2.24, 2.45) is 5.73 Å². The lowest BCUT2D eigenvalue weighted by molar-refractivity contribution is -0.117. The van der Waals surface area contributed by atoms with E-state index in [-0.39, 0.29) is 12.2 Å². The number of benzene rings is 1. The summed E-state index contributed by atoms with van der Waals surface area (Å²) >= 11 is 0. The van der Waals surface area contributed by atoms with Gasteiger partial charge in [-0.1, -0.05) is 6.07 Å². The van der Waals surface area contributed by atoms with Gasteiger partial charge in [0, 0.05) is 17.1 Å². The smallest absolute Gasteiger partial charge is 0.221 e. The average molecular weight is 202 g/mol. The minimum atomic E-state index is -0.464. The summed E-state index contributed by atoms with van der Waals surface area (Å²) in [4.78, 5) is 14.8. The number of fused-ring (bicyclic) bond motifs is 1. The van der Waals surface area contributed by atoms with Crippen LogP contribution in [0.3, 0.4) is 0 Å². The van der Waals surface area contributed by atoms with E-state index in [9.17, 15) is 9.90 Å². The van der Waals surface area contributed by atoms with E-state index in [0.29, 0.717) is 16.5 Å². The number of carbonyl (C=O) groups excluding carboxylic acids is 1. The van der Waals surface area contributed by atoms with Crippen LogP contribution in [0.25, 0.3) is 10.9 Å². The van der Waals surface area contributed by atoms with Crippen LogP contribution in [-0.2, 0) is 11.2 Å². The van der Waals surface area contributed by atoms with E-state index in [0.717, 1.165) is 0 Å². The highest BCUT2D eigenvalue weighted by Gasteiger charge is 2.08. The van der Waals surface area contributed by atoms with Crippen LogP contribution in [-0.4, -0.2) is 16.0 Å². The Hall–Kier alpha value is -2.10. The highest BCUT2D eigenvalue weighted by Crippen LogP contribution is 2.27. The summed E-state index contributed by atoms with van der Waals surface area (Å²) in [6.45, 7) is 0. The number of nitrogens with two attached hydrogens (primary N) is 1. The van der Waals surface area contributed by atoms with Gasteiger partial charge in [0.25, 0.3) is 0 Å². The van der Waals surface area contributed by atoms with Crippen molar-refractivity contribution in [3.05, 3.63) is 36.0 Å². The summed E-state index contributed by atoms with van der Waals surface area (Å²) in [5.41, 5.74) is 6.30. The average Bonchev–Trinajstić information content (AvgIpc) is 2.22. The number of pyridine rings is 1. The molecular weight excluding hydrogens is 192 g/mol. The van der Waals surface area contributed by atoms with Crippen molar-refractivity contribution in [1.29, 1.82) is 0 Å². The third-order valence-electron chi connectivity index (χ3n) is 2.20. The lowest BCUT2D eigenvalue weighted by atomic mass is 10.1. The first-order valence-corrected chi connectivity index (χ1v) is 4.52. The number of hydrogen-bond acceptors (Lipinski definition) is 3. The molecule has 15 heavy (non-hydrogen) atoms. The molecule has 3 N–H and O–H groups in total. The van der Waals surface area contributed by atoms with Crippen LogP contribution < -0.4 is 5.73 Å². The maximum absolute atomic E-state index is 10.8. The van der Waals surface area contributed by atoms with E-state index in [4.69, 9.17) is 5.73 Å². The molecule has 1 amide bonds. The molecule has 1 aromatic heterocycles. The molecule has 0 aliphatic carbocycles. The molecule has 0 atom stereocenters. The van der Waals surface area contributed by atoms with Crippen molar-refractivity contribution in [2.45, 2.75) is 6.42 Å². The van der Waals surface area contributed by atoms with Gasteiger partial charge < -0.3 is 10.8 Å². The van der Waals surface area contributed by atoms with E-state index in [1.54, 1.807) is 30.5 Å². The second-order valence-electron chi connectivity index (χ2n) is 3.29. The second-order valence-corrected chi connectivity index (χ2v) is 3.29. The van der Waals surface area contributed by atoms with Crippen molar-refractivity contribution in [3.63, 3.8) is 0 Å². The number of nitrogens with zero attached hydrogens (tertiary/aromatic N) is 1. The number of aromatic hydroxyl groups is 1. The highest BCUT2D eigenvalue weighted by molar-refractivity contribution is 5.88. The summed E-state index contributed by atoms with van der Waals surface area (Å²) in [5.74, 6) is -0.382. The van der Waals surface area contributed by atoms with Crippen molar-refractivity contribution in [3.8, 4) is 5.75 Å². The van der Waals surface area contributed by atoms with E-state index in [1.165, 1.54) is 0 Å². The lowest BCUT2D eigenvalue weighted by Gasteiger charge is -2.05. The van der Waals surface area contributed by atoms with Crippen LogP contribution in [0.15, 0.2) is 30.5 Å². The molecule has 0 unspecified atom stereocenters. The molecule has 0 saturated carbocycles. The van der Waals surface area contributed by atoms with Gasteiger partial charge in [-0.15, -0.1) is 0 Å². The molecule has 1 aromatic carbocycles. The Morgan fingerprint density at radius 3 is 2.93 bits per heavy atom. The predicted octanol–water partition coefficient (Wildman–Crippen LogP) is 0.968. The molecule has 0 aliphatic heterocycles. The van der Waals surface area contributed by atoms with Gasteiger partial charge in [-0.3, -0.25) is 9.78 Å². The lowest BCUT2D eigenvalue weighted by Crippen LogP contribution is -2.13. The molecule has 76 valence electrons. The van der Waals surface area contributed by atoms with Gasteiger partial charge in [0.15, 0.2) is 0 Å². The van der Waals surface area contributed by atoms with Gasteiger partial charge >= 0.3 is 0 Å². The van der Waals surface area contributed by atoms with Crippen LogP contribution in [0.4, 0.5) is 0 Å². The zero-order valence-electron chi connectivity index (χ0n) is 7.97. The van der Waals surface area contributed by atoms with Crippen LogP contribution in [0.1, 0.15) is 5.56 Å². The zero-order chi connectivity index (χ0) is 10.8. The van der Waals surface area contributed by atoms with E-state index >= 15 is 0 Å². The van der Waals surface area contributed by atoms with Gasteiger partial charge in [-0.25, -0.2) is 0 Å². The number of carbonyl (C=O) groups is 1. The number of aromatic nitrogens is 1. The minimum Gasteiger partial charge on any atom is -0.507 e. The standard InChI is InChI=1S/C11H10N2O2/c12-10(14)6-7-3-4-9-8(11(7)15)2-1-5-13-9/h1-5,15H,6H2,(H2,12,14). The number of phenols is 1. The van der Waals surface area contributed by atoms with Gasteiger partial charge in [0.2, 0.25) is 5.91 Å². The van der Waals surface area contributed by atoms with Crippen LogP contribution >= 0.6 is 0 Å². The predicted molar refractivity (Wildman–Crippen MR) is 56.3 cm³/mol. The Balaban J connectivity index is 2.59. The topological polar surface area (TPSA) is 76.2 Å². The first kappa shape index (κ1) is 9.45. The summed E-state index contributed by atoms with van der Waals surface area (Å²) in [6.07, 6.45) is 1.69. The van der Waals surface area contributed by atoms with Gasteiger partial charge in [0.05, 0.1) is 11.9 Å². The Kier molecular flexibility index (Phi) is 2.25. The third kappa shape index (κ3) is 1.74. The fourth-order valence-electron chi connectivity index (χ4n) is 1.51. The van der Waals surface area contributed by atoms with E-state index in [2.05, 4.69) is 4.98 Å². The maximum Gasteiger partial charge on any atom is 0.221 e. The summed E-state index contributed by atoms with van der Waals surface area (Å²) in [6, 6.07) is 6.90. The van der Waals surface area contributed by atoms with Crippen LogP contribution in [0.5, 0.6) is 5.75 Å². The van der Waals surface area contributed by atoms with Crippen LogP contribution in [0.2, 0.25) is 0 Å². The molecule has 0 aliphatic rings. The Labute approximate surface area is 86.4 Å². The largest absolute Gasteiger partial charge is 0.507 e. The third-order valence-corrected chi connectivity index (χ3v) is 2.20. The molecule has 1 heterocycles. The SMILES string of the molecule is NC(=O)Cc1ccc2ncccc2c1O. The Morgan fingerprint density at radius 2 is 2.20 bits per heavy atom. The quantitative estimate of drug-likeness (QED) is 0.761. The summed E-state index contributed by atoms with van der Waals surface area (Å²) < 4.78 is 0. The summed E-state index contributed by atoms with van der Waals surface area (Å²) in [5, 5.41) is 10.5. The minimum absolute atomic E-state index is 0.0384. The molecule has 0 radical (unpaired) electrons. The number of phenolic OH excluding ortho intramolecular Hbond substituents is 1. The molecular formula is C11H10N2O2. The zero-order valence-corrected chi connectivity index (χ0v) is 7.97. The van der Waals surface area contributed by atoms with Crippen molar-refractivity contribution in [2.75, 3.05) is 0 Å². The molecule has 2 aromatic rings. The highest BCUT2D eigenvalue weighted by atomic mass is 16.3. The fourth-order valence-corrected chi connectivity index (χ4v) is 1.51. The normalized spacial score (nSPS) is 10.4. The molecule has 4 nitrogen and oxygen atoms in total. The molecule has 0 bridgehead atoms. The molecule has 0 saturated heterocycles. The first-order chi connectivity index (χ1) is 7.18. The number of primary amides is 1. The summed E-state index contributed by atoms with van der Waals surface area (Å²) in [7, 11) is 0. The Morgan fingerprint density at radius 1 is 1.40 bits per heavy atom. The first-order valence-electron chi connectivity index (χ1n) is 4.52. The number of amides is 1. The molecule has 0 spiro atoms. The van der Waals surface area contributed by atoms with Crippen molar-refractivity contribution in [1.82, 2.24) is 4.98 Å². The van der Waals surface area contributed by atoms with Gasteiger partial charge in [-0.05, 0) is 18.2 Å². The van der Waals surface area contributed by atoms with Gasteiger partial charge in [-0.2, -0.15) is 0 Å². The number of rotatable bonds is 2. The molecule has 0 fully saturated rings. The fraction of sp³-hybridized carbons (Fsp3) is 0.0909. The van der Waals surface area contributed by atoms with Gasteiger partial charge in [0.1, 0.15) is 5.75 Å². The molecule has 4 heteroatoms. The van der Waals surface area contributed by atoms with Crippen LogP contribution in [0, 0.1) is 0 Å². The van der Waals surface area contributed by atoms with E-state index < -0.39 is 5.91 Å². The van der Waals surface area contributed by atoms with Crippen molar-refractivity contribution < 1.29 is 9.90 Å². The Bertz CT molecular complexity index is 523. The maximum atomic E-state index is 10.8. The number of hydrogen-bond donors (Lipinski definition) is 2. The van der Waals surface area contributed by atoms with Crippen molar-refractivity contribution >= 4 is 16.8 Å². The monoisotopic (exact) mass is 202 g/mol. The molecule has 2 rings (SSSR count).